The monoisotopic (exact) mass is 470 g/mol. The summed E-state index contributed by atoms with van der Waals surface area (Å²) in [6.07, 6.45) is 0. The van der Waals surface area contributed by atoms with Crippen LogP contribution in [0, 0.1) is 5.82 Å². The van der Waals surface area contributed by atoms with Crippen LogP contribution in [0.2, 0.25) is 0 Å². The Kier molecular flexibility index (Phi) is 7.84. The number of ether oxygens (including phenoxy) is 2. The summed E-state index contributed by atoms with van der Waals surface area (Å²) in [5, 5.41) is 0. The molecule has 4 rings (SSSR count). The number of rotatable bonds is 7. The van der Waals surface area contributed by atoms with E-state index in [9.17, 15) is 14.0 Å². The Bertz CT molecular complexity index is 988. The van der Waals surface area contributed by atoms with Crippen LogP contribution in [0.5, 0.6) is 5.75 Å². The summed E-state index contributed by atoms with van der Waals surface area (Å²) >= 11 is 0. The molecule has 2 fully saturated rings. The summed E-state index contributed by atoms with van der Waals surface area (Å²) in [5.41, 5.74) is 1.58. The molecule has 0 atom stereocenters. The van der Waals surface area contributed by atoms with Crippen molar-refractivity contribution < 1.29 is 23.5 Å². The third kappa shape index (κ3) is 5.59. The number of amides is 2. The molecule has 2 amide bonds. The maximum atomic E-state index is 14.0. The summed E-state index contributed by atoms with van der Waals surface area (Å²) in [4.78, 5) is 32.6. The zero-order valence-electron chi connectivity index (χ0n) is 19.5. The Morgan fingerprint density at radius 3 is 1.74 bits per heavy atom. The third-order valence-electron chi connectivity index (χ3n) is 6.33. The molecular formula is C25H31FN4O4. The first kappa shape index (κ1) is 23.8. The maximum Gasteiger partial charge on any atom is 0.248 e. The lowest BCUT2D eigenvalue weighted by molar-refractivity contribution is -0.142. The van der Waals surface area contributed by atoms with E-state index in [1.807, 2.05) is 29.2 Å². The van der Waals surface area contributed by atoms with Crippen LogP contribution < -0.4 is 14.5 Å². The van der Waals surface area contributed by atoms with Crippen LogP contribution in [0.3, 0.4) is 0 Å². The maximum absolute atomic E-state index is 14.0. The molecule has 0 unspecified atom stereocenters. The molecule has 2 aliphatic heterocycles. The van der Waals surface area contributed by atoms with Gasteiger partial charge in [-0.25, -0.2) is 4.39 Å². The van der Waals surface area contributed by atoms with E-state index < -0.39 is 0 Å². The standard InChI is InChI=1S/C25H31FN4O4/c1-33-23-9-5-4-8-22(23)28-12-16-30(17-13-28)25(32)19-34-18-24(31)29-14-10-27(11-15-29)21-7-3-2-6-20(21)26/h2-9H,10-19H2,1H3. The van der Waals surface area contributed by atoms with Crippen molar-refractivity contribution in [2.75, 3.05) is 82.5 Å². The minimum Gasteiger partial charge on any atom is -0.495 e. The van der Waals surface area contributed by atoms with E-state index in [4.69, 9.17) is 9.47 Å². The Morgan fingerprint density at radius 2 is 1.21 bits per heavy atom. The number of carbonyl (C=O) groups is 2. The van der Waals surface area contributed by atoms with Gasteiger partial charge in [-0.2, -0.15) is 0 Å². The molecule has 2 saturated heterocycles. The molecule has 182 valence electrons. The van der Waals surface area contributed by atoms with Gasteiger partial charge in [0.15, 0.2) is 0 Å². The van der Waals surface area contributed by atoms with Gasteiger partial charge in [-0.3, -0.25) is 9.59 Å². The zero-order valence-corrected chi connectivity index (χ0v) is 19.5. The number of piperazine rings is 2. The van der Waals surface area contributed by atoms with E-state index in [1.165, 1.54) is 6.07 Å². The second-order valence-corrected chi connectivity index (χ2v) is 8.35. The average Bonchev–Trinajstić information content (AvgIpc) is 2.89. The second kappa shape index (κ2) is 11.2. The summed E-state index contributed by atoms with van der Waals surface area (Å²) in [5.74, 6) is 0.297. The van der Waals surface area contributed by atoms with Crippen LogP contribution in [-0.4, -0.2) is 94.3 Å². The highest BCUT2D eigenvalue weighted by Crippen LogP contribution is 2.28. The SMILES string of the molecule is COc1ccccc1N1CCN(C(=O)COCC(=O)N2CCN(c3ccccc3F)CC2)CC1. The molecule has 9 heteroatoms. The Morgan fingerprint density at radius 1 is 0.735 bits per heavy atom. The highest BCUT2D eigenvalue weighted by molar-refractivity contribution is 5.80. The van der Waals surface area contributed by atoms with Gasteiger partial charge in [-0.15, -0.1) is 0 Å². The number of methoxy groups -OCH3 is 1. The largest absolute Gasteiger partial charge is 0.495 e. The first-order chi connectivity index (χ1) is 16.6. The number of carbonyl (C=O) groups excluding carboxylic acids is 2. The van der Waals surface area contributed by atoms with Crippen molar-refractivity contribution in [2.24, 2.45) is 0 Å². The number of para-hydroxylation sites is 3. The van der Waals surface area contributed by atoms with Crippen molar-refractivity contribution in [3.63, 3.8) is 0 Å². The Balaban J connectivity index is 1.16. The summed E-state index contributed by atoms with van der Waals surface area (Å²) in [6, 6.07) is 14.5. The molecule has 2 aromatic carbocycles. The van der Waals surface area contributed by atoms with Gasteiger partial charge >= 0.3 is 0 Å². The van der Waals surface area contributed by atoms with Crippen molar-refractivity contribution in [1.29, 1.82) is 0 Å². The molecule has 2 heterocycles. The number of anilines is 2. The topological polar surface area (TPSA) is 65.6 Å². The Labute approximate surface area is 199 Å². The van der Waals surface area contributed by atoms with Gasteiger partial charge in [0.25, 0.3) is 0 Å². The molecule has 0 bridgehead atoms. The van der Waals surface area contributed by atoms with Crippen LogP contribution in [0.15, 0.2) is 48.5 Å². The minimum absolute atomic E-state index is 0.114. The first-order valence-corrected chi connectivity index (χ1v) is 11.6. The predicted molar refractivity (Wildman–Crippen MR) is 128 cm³/mol. The molecule has 2 aliphatic rings. The molecule has 0 radical (unpaired) electrons. The van der Waals surface area contributed by atoms with Gasteiger partial charge in [0.2, 0.25) is 11.8 Å². The van der Waals surface area contributed by atoms with Crippen molar-refractivity contribution in [1.82, 2.24) is 9.80 Å². The predicted octanol–water partition coefficient (Wildman–Crippen LogP) is 1.85. The van der Waals surface area contributed by atoms with Crippen LogP contribution in [0.4, 0.5) is 15.8 Å². The molecule has 0 aliphatic carbocycles. The van der Waals surface area contributed by atoms with Crippen molar-refractivity contribution >= 4 is 23.2 Å². The lowest BCUT2D eigenvalue weighted by atomic mass is 10.2. The minimum atomic E-state index is -0.257. The van der Waals surface area contributed by atoms with E-state index in [0.717, 1.165) is 11.4 Å². The van der Waals surface area contributed by atoms with Gasteiger partial charge < -0.3 is 29.1 Å². The number of hydrogen-bond donors (Lipinski definition) is 0. The second-order valence-electron chi connectivity index (χ2n) is 8.35. The molecule has 2 aromatic rings. The van der Waals surface area contributed by atoms with Crippen LogP contribution in [0.1, 0.15) is 0 Å². The summed E-state index contributed by atoms with van der Waals surface area (Å²) < 4.78 is 24.9. The fourth-order valence-electron chi connectivity index (χ4n) is 4.40. The van der Waals surface area contributed by atoms with Gasteiger partial charge in [0, 0.05) is 52.4 Å². The van der Waals surface area contributed by atoms with Gasteiger partial charge in [-0.1, -0.05) is 24.3 Å². The van der Waals surface area contributed by atoms with Gasteiger partial charge in [0.05, 0.1) is 18.5 Å². The Hall–Kier alpha value is -3.33. The normalized spacial score (nSPS) is 16.5. The van der Waals surface area contributed by atoms with E-state index in [-0.39, 0.29) is 30.8 Å². The van der Waals surface area contributed by atoms with E-state index in [2.05, 4.69) is 4.90 Å². The smallest absolute Gasteiger partial charge is 0.248 e. The average molecular weight is 471 g/mol. The number of benzene rings is 2. The number of halogens is 1. The molecule has 0 N–H and O–H groups in total. The van der Waals surface area contributed by atoms with E-state index >= 15 is 0 Å². The first-order valence-electron chi connectivity index (χ1n) is 11.6. The van der Waals surface area contributed by atoms with Crippen LogP contribution in [-0.2, 0) is 14.3 Å². The molecule has 34 heavy (non-hydrogen) atoms. The van der Waals surface area contributed by atoms with Gasteiger partial charge in [-0.05, 0) is 24.3 Å². The third-order valence-corrected chi connectivity index (χ3v) is 6.33. The lowest BCUT2D eigenvalue weighted by Crippen LogP contribution is -2.51. The van der Waals surface area contributed by atoms with Crippen LogP contribution >= 0.6 is 0 Å². The fourth-order valence-corrected chi connectivity index (χ4v) is 4.40. The van der Waals surface area contributed by atoms with Crippen LogP contribution in [0.25, 0.3) is 0 Å². The zero-order chi connectivity index (χ0) is 23.9. The molecular weight excluding hydrogens is 439 g/mol. The fraction of sp³-hybridized carbons (Fsp3) is 0.440. The van der Waals surface area contributed by atoms with E-state index in [1.54, 1.807) is 35.1 Å². The number of hydrogen-bond acceptors (Lipinski definition) is 6. The van der Waals surface area contributed by atoms with Crippen molar-refractivity contribution in [2.45, 2.75) is 0 Å². The highest BCUT2D eigenvalue weighted by atomic mass is 19.1. The molecule has 0 saturated carbocycles. The summed E-state index contributed by atoms with van der Waals surface area (Å²) in [6.45, 7) is 4.45. The molecule has 0 aromatic heterocycles. The highest BCUT2D eigenvalue weighted by Gasteiger charge is 2.25. The van der Waals surface area contributed by atoms with Gasteiger partial charge in [0.1, 0.15) is 24.8 Å². The van der Waals surface area contributed by atoms with E-state index in [0.29, 0.717) is 58.0 Å². The lowest BCUT2D eigenvalue weighted by Gasteiger charge is -2.37. The summed E-state index contributed by atoms with van der Waals surface area (Å²) in [7, 11) is 1.65. The molecule has 0 spiro atoms. The van der Waals surface area contributed by atoms with Crippen molar-refractivity contribution in [3.05, 3.63) is 54.3 Å². The number of nitrogens with zero attached hydrogens (tertiary/aromatic N) is 4. The molecule has 8 nitrogen and oxygen atoms in total. The van der Waals surface area contributed by atoms with Crippen molar-refractivity contribution in [3.8, 4) is 5.75 Å². The quantitative estimate of drug-likeness (QED) is 0.616.